The molecule has 4 heteroatoms. The van der Waals surface area contributed by atoms with Crippen molar-refractivity contribution in [3.8, 4) is 0 Å². The Morgan fingerprint density at radius 1 is 0.958 bits per heavy atom. The second-order valence-electron chi connectivity index (χ2n) is 6.60. The molecular weight excluding hydrogens is 302 g/mol. The summed E-state index contributed by atoms with van der Waals surface area (Å²) in [7, 11) is 0. The number of ether oxygens (including phenoxy) is 1. The van der Waals surface area contributed by atoms with E-state index in [1.165, 1.54) is 58.8 Å². The Labute approximate surface area is 148 Å². The monoisotopic (exact) mass is 339 g/mol. The topological polar surface area (TPSA) is 55.4 Å². The number of allylic oxidation sites excluding steroid dienone is 2. The van der Waals surface area contributed by atoms with Crippen LogP contribution < -0.4 is 5.32 Å². The molecular formula is C20H37NO3. The van der Waals surface area contributed by atoms with Gasteiger partial charge >= 0.3 is 5.97 Å². The van der Waals surface area contributed by atoms with E-state index in [2.05, 4.69) is 24.4 Å². The van der Waals surface area contributed by atoms with Crippen molar-refractivity contribution in [1.29, 1.82) is 0 Å². The minimum absolute atomic E-state index is 0.0911. The summed E-state index contributed by atoms with van der Waals surface area (Å²) in [6.45, 7) is 7.01. The fourth-order valence-electron chi connectivity index (χ4n) is 2.73. The number of nitrogens with one attached hydrogen (secondary N) is 1. The third-order valence-electron chi connectivity index (χ3n) is 4.06. The number of carbonyl (C=O) groups is 2. The summed E-state index contributed by atoms with van der Waals surface area (Å²) in [5.41, 5.74) is 0. The molecule has 140 valence electrons. The van der Waals surface area contributed by atoms with Crippen LogP contribution in [0.1, 0.15) is 91.9 Å². The Morgan fingerprint density at radius 2 is 1.54 bits per heavy atom. The van der Waals surface area contributed by atoms with Crippen LogP contribution in [0.25, 0.3) is 0 Å². The highest BCUT2D eigenvalue weighted by Gasteiger charge is 2.20. The second-order valence-corrected chi connectivity index (χ2v) is 6.60. The maximum absolute atomic E-state index is 11.2. The lowest BCUT2D eigenvalue weighted by atomic mass is 10.0. The standard InChI is InChI=1S/C20H37NO3/c1-5-6-7-8-9-10-11-12-13-14-15-16-20(24-19(4)23)17(2)21-18(3)22/h8-9,17,20H,5-7,10-16H2,1-4H3,(H,21,22). The SMILES string of the molecule is CCCCC=CCCCCCCCC(OC(C)=O)C(C)NC(C)=O. The van der Waals surface area contributed by atoms with E-state index in [0.29, 0.717) is 0 Å². The van der Waals surface area contributed by atoms with Crippen molar-refractivity contribution in [2.75, 3.05) is 0 Å². The van der Waals surface area contributed by atoms with Gasteiger partial charge in [0.15, 0.2) is 0 Å². The van der Waals surface area contributed by atoms with E-state index in [4.69, 9.17) is 4.74 Å². The third kappa shape index (κ3) is 14.3. The molecule has 0 aromatic rings. The normalized spacial score (nSPS) is 13.7. The molecule has 24 heavy (non-hydrogen) atoms. The Hall–Kier alpha value is -1.32. The van der Waals surface area contributed by atoms with Gasteiger partial charge in [-0.2, -0.15) is 0 Å². The van der Waals surface area contributed by atoms with Gasteiger partial charge in [0.05, 0.1) is 6.04 Å². The fourth-order valence-corrected chi connectivity index (χ4v) is 2.73. The molecule has 0 aliphatic carbocycles. The minimum Gasteiger partial charge on any atom is -0.460 e. The van der Waals surface area contributed by atoms with Crippen LogP contribution in [0.2, 0.25) is 0 Å². The highest BCUT2D eigenvalue weighted by molar-refractivity contribution is 5.73. The van der Waals surface area contributed by atoms with Crippen molar-refractivity contribution in [3.05, 3.63) is 12.2 Å². The Kier molecular flexibility index (Phi) is 14.4. The van der Waals surface area contributed by atoms with Gasteiger partial charge in [0.2, 0.25) is 5.91 Å². The number of amides is 1. The van der Waals surface area contributed by atoms with Crippen molar-refractivity contribution in [2.24, 2.45) is 0 Å². The smallest absolute Gasteiger partial charge is 0.302 e. The molecule has 0 radical (unpaired) electrons. The van der Waals surface area contributed by atoms with Gasteiger partial charge in [-0.05, 0) is 39.0 Å². The number of rotatable bonds is 14. The molecule has 0 heterocycles. The van der Waals surface area contributed by atoms with Gasteiger partial charge in [-0.1, -0.05) is 51.2 Å². The first-order chi connectivity index (χ1) is 11.5. The quantitative estimate of drug-likeness (QED) is 0.278. The summed E-state index contributed by atoms with van der Waals surface area (Å²) < 4.78 is 5.34. The van der Waals surface area contributed by atoms with Crippen LogP contribution in [-0.4, -0.2) is 24.0 Å². The zero-order valence-electron chi connectivity index (χ0n) is 16.1. The summed E-state index contributed by atoms with van der Waals surface area (Å²) in [4.78, 5) is 22.4. The molecule has 2 unspecified atom stereocenters. The van der Waals surface area contributed by atoms with Crippen LogP contribution >= 0.6 is 0 Å². The molecule has 0 rings (SSSR count). The van der Waals surface area contributed by atoms with Crippen LogP contribution in [0.3, 0.4) is 0 Å². The van der Waals surface area contributed by atoms with Crippen molar-refractivity contribution in [1.82, 2.24) is 5.32 Å². The summed E-state index contributed by atoms with van der Waals surface area (Å²) in [5, 5.41) is 2.81. The lowest BCUT2D eigenvalue weighted by molar-refractivity contribution is -0.148. The number of hydrogen-bond acceptors (Lipinski definition) is 3. The predicted octanol–water partition coefficient (Wildman–Crippen LogP) is 4.92. The molecule has 0 aromatic heterocycles. The van der Waals surface area contributed by atoms with Gasteiger partial charge < -0.3 is 10.1 Å². The first-order valence-electron chi connectivity index (χ1n) is 9.56. The van der Waals surface area contributed by atoms with E-state index in [0.717, 1.165) is 19.3 Å². The van der Waals surface area contributed by atoms with Gasteiger partial charge in [0, 0.05) is 13.8 Å². The van der Waals surface area contributed by atoms with Gasteiger partial charge in [-0.15, -0.1) is 0 Å². The van der Waals surface area contributed by atoms with Crippen molar-refractivity contribution in [3.63, 3.8) is 0 Å². The van der Waals surface area contributed by atoms with E-state index in [1.54, 1.807) is 0 Å². The highest BCUT2D eigenvalue weighted by atomic mass is 16.5. The Morgan fingerprint density at radius 3 is 2.12 bits per heavy atom. The molecule has 0 fully saturated rings. The average molecular weight is 340 g/mol. The molecule has 4 nitrogen and oxygen atoms in total. The molecule has 0 saturated carbocycles. The van der Waals surface area contributed by atoms with Crippen LogP contribution in [-0.2, 0) is 14.3 Å². The summed E-state index contributed by atoms with van der Waals surface area (Å²) in [5.74, 6) is -0.376. The average Bonchev–Trinajstić information content (AvgIpc) is 2.50. The molecule has 1 amide bonds. The fraction of sp³-hybridized carbons (Fsp3) is 0.800. The molecule has 0 spiro atoms. The number of esters is 1. The molecule has 2 atom stereocenters. The van der Waals surface area contributed by atoms with Crippen LogP contribution in [0.15, 0.2) is 12.2 Å². The van der Waals surface area contributed by atoms with E-state index in [9.17, 15) is 9.59 Å². The first-order valence-corrected chi connectivity index (χ1v) is 9.56. The zero-order chi connectivity index (χ0) is 18.2. The van der Waals surface area contributed by atoms with Crippen molar-refractivity contribution < 1.29 is 14.3 Å². The van der Waals surface area contributed by atoms with Gasteiger partial charge in [-0.3, -0.25) is 9.59 Å². The van der Waals surface area contributed by atoms with E-state index >= 15 is 0 Å². The first kappa shape index (κ1) is 22.7. The zero-order valence-corrected chi connectivity index (χ0v) is 16.1. The summed E-state index contributed by atoms with van der Waals surface area (Å²) in [6, 6.07) is -0.139. The third-order valence-corrected chi connectivity index (χ3v) is 4.06. The largest absolute Gasteiger partial charge is 0.460 e. The number of hydrogen-bond donors (Lipinski definition) is 1. The van der Waals surface area contributed by atoms with E-state index < -0.39 is 0 Å². The van der Waals surface area contributed by atoms with Crippen molar-refractivity contribution in [2.45, 2.75) is 104 Å². The lowest BCUT2D eigenvalue weighted by Gasteiger charge is -2.24. The van der Waals surface area contributed by atoms with Crippen LogP contribution in [0.4, 0.5) is 0 Å². The summed E-state index contributed by atoms with van der Waals surface area (Å²) in [6.07, 6.45) is 16.0. The molecule has 0 aliphatic rings. The second kappa shape index (κ2) is 15.2. The van der Waals surface area contributed by atoms with Gasteiger partial charge in [0.1, 0.15) is 6.10 Å². The molecule has 0 aromatic carbocycles. The Balaban J connectivity index is 3.77. The minimum atomic E-state index is -0.285. The molecule has 1 N–H and O–H groups in total. The number of carbonyl (C=O) groups excluding carboxylic acids is 2. The Bertz CT molecular complexity index is 366. The van der Waals surface area contributed by atoms with E-state index in [-0.39, 0.29) is 24.0 Å². The lowest BCUT2D eigenvalue weighted by Crippen LogP contribution is -2.42. The molecule has 0 bridgehead atoms. The van der Waals surface area contributed by atoms with Gasteiger partial charge in [-0.25, -0.2) is 0 Å². The summed E-state index contributed by atoms with van der Waals surface area (Å²) >= 11 is 0. The van der Waals surface area contributed by atoms with Crippen molar-refractivity contribution >= 4 is 11.9 Å². The number of unbranched alkanes of at least 4 members (excludes halogenated alkanes) is 7. The van der Waals surface area contributed by atoms with E-state index in [1.807, 2.05) is 6.92 Å². The van der Waals surface area contributed by atoms with Gasteiger partial charge in [0.25, 0.3) is 0 Å². The predicted molar refractivity (Wildman–Crippen MR) is 99.8 cm³/mol. The molecule has 0 aliphatic heterocycles. The maximum Gasteiger partial charge on any atom is 0.302 e. The van der Waals surface area contributed by atoms with Crippen LogP contribution in [0.5, 0.6) is 0 Å². The highest BCUT2D eigenvalue weighted by Crippen LogP contribution is 2.13. The maximum atomic E-state index is 11.2. The van der Waals surface area contributed by atoms with Crippen LogP contribution in [0, 0.1) is 0 Å². The molecule has 0 saturated heterocycles.